The number of amides is 1. The molecule has 0 aromatic heterocycles. The molecular formula is C23H18ClN3O5. The second-order valence-electron chi connectivity index (χ2n) is 7.33. The van der Waals surface area contributed by atoms with E-state index in [9.17, 15) is 19.7 Å². The van der Waals surface area contributed by atoms with Crippen LogP contribution in [-0.2, 0) is 20.7 Å². The normalized spacial score (nSPS) is 17.7. The molecule has 0 N–H and O–H groups in total. The van der Waals surface area contributed by atoms with Gasteiger partial charge in [0.05, 0.1) is 29.3 Å². The van der Waals surface area contributed by atoms with Crippen LogP contribution in [0.15, 0.2) is 76.4 Å². The van der Waals surface area contributed by atoms with Gasteiger partial charge in [0.2, 0.25) is 0 Å². The van der Waals surface area contributed by atoms with Crippen molar-refractivity contribution in [2.24, 2.45) is 4.99 Å². The number of aliphatic imine (C=N–C) groups is 1. The predicted octanol–water partition coefficient (Wildman–Crippen LogP) is 4.16. The Balaban J connectivity index is 1.77. The number of hydrogen-bond acceptors (Lipinski definition) is 6. The van der Waals surface area contributed by atoms with Gasteiger partial charge in [0, 0.05) is 29.1 Å². The molecule has 0 radical (unpaired) electrons. The maximum absolute atomic E-state index is 13.4. The van der Waals surface area contributed by atoms with E-state index < -0.39 is 16.9 Å². The first-order valence-electron chi connectivity index (χ1n) is 9.71. The third-order valence-electron chi connectivity index (χ3n) is 5.37. The molecule has 162 valence electrons. The van der Waals surface area contributed by atoms with Crippen LogP contribution in [0.2, 0.25) is 5.02 Å². The summed E-state index contributed by atoms with van der Waals surface area (Å²) in [6.07, 6.45) is 1.82. The molecule has 1 atom stereocenters. The van der Waals surface area contributed by atoms with Crippen LogP contribution < -0.4 is 0 Å². The molecule has 0 saturated heterocycles. The predicted molar refractivity (Wildman–Crippen MR) is 118 cm³/mol. The average molecular weight is 452 g/mol. The summed E-state index contributed by atoms with van der Waals surface area (Å²) in [6.45, 7) is 1.68. The first kappa shape index (κ1) is 21.5. The van der Waals surface area contributed by atoms with Crippen LogP contribution in [0.25, 0.3) is 0 Å². The van der Waals surface area contributed by atoms with Crippen molar-refractivity contribution in [1.82, 2.24) is 4.90 Å². The molecule has 2 aliphatic heterocycles. The van der Waals surface area contributed by atoms with Gasteiger partial charge >= 0.3 is 5.97 Å². The molecule has 32 heavy (non-hydrogen) atoms. The molecule has 2 aromatic rings. The van der Waals surface area contributed by atoms with Crippen LogP contribution in [-0.4, -0.2) is 34.6 Å². The Kier molecular flexibility index (Phi) is 5.63. The lowest BCUT2D eigenvalue weighted by Gasteiger charge is -2.34. The summed E-state index contributed by atoms with van der Waals surface area (Å²) >= 11 is 6.44. The number of fused-ring (bicyclic) bond motifs is 1. The Labute approximate surface area is 188 Å². The van der Waals surface area contributed by atoms with Crippen LogP contribution in [0.5, 0.6) is 0 Å². The fraction of sp³-hybridized carbons (Fsp3) is 0.174. The van der Waals surface area contributed by atoms with Gasteiger partial charge in [-0.25, -0.2) is 9.79 Å². The zero-order valence-electron chi connectivity index (χ0n) is 17.2. The molecule has 9 heteroatoms. The topological polar surface area (TPSA) is 102 Å². The lowest BCUT2D eigenvalue weighted by molar-refractivity contribution is -0.384. The maximum Gasteiger partial charge on any atom is 0.338 e. The summed E-state index contributed by atoms with van der Waals surface area (Å²) in [5.74, 6) is -0.574. The van der Waals surface area contributed by atoms with Crippen LogP contribution >= 0.6 is 11.6 Å². The maximum atomic E-state index is 13.4. The number of carbonyl (C=O) groups excluding carboxylic acids is 2. The van der Waals surface area contributed by atoms with Crippen LogP contribution in [0.1, 0.15) is 24.1 Å². The van der Waals surface area contributed by atoms with Gasteiger partial charge in [0.1, 0.15) is 5.84 Å². The number of allylic oxidation sites excluding steroid dienone is 1. The lowest BCUT2D eigenvalue weighted by atomic mass is 9.94. The molecule has 4 rings (SSSR count). The summed E-state index contributed by atoms with van der Waals surface area (Å²) in [4.78, 5) is 42.6. The number of rotatable bonds is 5. The first-order chi connectivity index (χ1) is 15.3. The van der Waals surface area contributed by atoms with Gasteiger partial charge in [-0.2, -0.15) is 0 Å². The molecular weight excluding hydrogens is 434 g/mol. The third-order valence-corrected chi connectivity index (χ3v) is 5.71. The minimum atomic E-state index is -0.810. The smallest absolute Gasteiger partial charge is 0.338 e. The third kappa shape index (κ3) is 3.69. The minimum Gasteiger partial charge on any atom is -0.466 e. The number of esters is 1. The second kappa shape index (κ2) is 8.39. The highest BCUT2D eigenvalue weighted by atomic mass is 35.5. The molecule has 8 nitrogen and oxygen atoms in total. The molecule has 0 spiro atoms. The average Bonchev–Trinajstić information content (AvgIpc) is 3.07. The largest absolute Gasteiger partial charge is 0.466 e. The number of nitro groups is 1. The SMILES string of the molecule is COC(=O)C1=C(C)N=C2C=C(Cc3cccc([N+](=O)[O-])c3)C(=O)N2C1c1ccccc1Cl. The van der Waals surface area contributed by atoms with Gasteiger partial charge in [-0.15, -0.1) is 0 Å². The van der Waals surface area contributed by atoms with E-state index in [1.807, 2.05) is 0 Å². The number of benzene rings is 2. The van der Waals surface area contributed by atoms with Crippen molar-refractivity contribution in [2.45, 2.75) is 19.4 Å². The Bertz CT molecular complexity index is 1250. The molecule has 0 fully saturated rings. The quantitative estimate of drug-likeness (QED) is 0.386. The number of nitro benzene ring substituents is 1. The number of non-ortho nitro benzene ring substituents is 1. The van der Waals surface area contributed by atoms with E-state index in [1.165, 1.54) is 24.1 Å². The van der Waals surface area contributed by atoms with Crippen molar-refractivity contribution in [2.75, 3.05) is 7.11 Å². The molecule has 0 aliphatic carbocycles. The van der Waals surface area contributed by atoms with Gasteiger partial charge < -0.3 is 4.74 Å². The number of methoxy groups -OCH3 is 1. The van der Waals surface area contributed by atoms with Gasteiger partial charge in [-0.1, -0.05) is 41.9 Å². The van der Waals surface area contributed by atoms with Gasteiger partial charge in [0.25, 0.3) is 11.6 Å². The van der Waals surface area contributed by atoms with Crippen molar-refractivity contribution in [1.29, 1.82) is 0 Å². The van der Waals surface area contributed by atoms with Crippen molar-refractivity contribution in [3.63, 3.8) is 0 Å². The van der Waals surface area contributed by atoms with Crippen molar-refractivity contribution in [3.8, 4) is 0 Å². The van der Waals surface area contributed by atoms with E-state index in [1.54, 1.807) is 49.4 Å². The van der Waals surface area contributed by atoms with E-state index in [-0.39, 0.29) is 23.6 Å². The summed E-state index contributed by atoms with van der Waals surface area (Å²) in [5, 5.41) is 11.5. The van der Waals surface area contributed by atoms with E-state index in [0.29, 0.717) is 33.3 Å². The monoisotopic (exact) mass is 451 g/mol. The van der Waals surface area contributed by atoms with Crippen LogP contribution in [0.3, 0.4) is 0 Å². The molecule has 0 bridgehead atoms. The van der Waals surface area contributed by atoms with Crippen molar-refractivity contribution < 1.29 is 19.2 Å². The standard InChI is InChI=1S/C23H18ClN3O5/c1-13-20(23(29)32-2)21(17-8-3-4-9-18(17)24)26-19(25-13)12-15(22(26)28)10-14-6-5-7-16(11-14)27(30)31/h3-9,11-12,21H,10H2,1-2H3. The Morgan fingerprint density at radius 1 is 1.25 bits per heavy atom. The number of hydrogen-bond donors (Lipinski definition) is 0. The van der Waals surface area contributed by atoms with Crippen LogP contribution in [0.4, 0.5) is 5.69 Å². The number of ether oxygens (including phenoxy) is 1. The molecule has 1 unspecified atom stereocenters. The van der Waals surface area contributed by atoms with E-state index in [2.05, 4.69) is 4.99 Å². The Hall–Kier alpha value is -3.78. The Morgan fingerprint density at radius 2 is 2.00 bits per heavy atom. The van der Waals surface area contributed by atoms with E-state index in [4.69, 9.17) is 16.3 Å². The first-order valence-corrected chi connectivity index (χ1v) is 10.1. The number of halogens is 1. The van der Waals surface area contributed by atoms with Gasteiger partial charge in [-0.3, -0.25) is 19.8 Å². The van der Waals surface area contributed by atoms with Gasteiger partial charge in [-0.05, 0) is 30.2 Å². The summed E-state index contributed by atoms with van der Waals surface area (Å²) in [6, 6.07) is 12.3. The zero-order valence-corrected chi connectivity index (χ0v) is 18.0. The molecule has 1 amide bonds. The number of nitrogens with zero attached hydrogens (tertiary/aromatic N) is 3. The molecule has 2 aliphatic rings. The summed E-state index contributed by atoms with van der Waals surface area (Å²) in [5.41, 5.74) is 2.19. The minimum absolute atomic E-state index is 0.0527. The van der Waals surface area contributed by atoms with E-state index in [0.717, 1.165) is 0 Å². The second-order valence-corrected chi connectivity index (χ2v) is 7.74. The van der Waals surface area contributed by atoms with Crippen molar-refractivity contribution in [3.05, 3.63) is 97.7 Å². The van der Waals surface area contributed by atoms with E-state index >= 15 is 0 Å². The fourth-order valence-electron chi connectivity index (χ4n) is 3.93. The lowest BCUT2D eigenvalue weighted by Crippen LogP contribution is -2.41. The van der Waals surface area contributed by atoms with Crippen LogP contribution in [0, 0.1) is 10.1 Å². The summed E-state index contributed by atoms with van der Waals surface area (Å²) < 4.78 is 4.97. The highest BCUT2D eigenvalue weighted by Crippen LogP contribution is 2.41. The van der Waals surface area contributed by atoms with Gasteiger partial charge in [0.15, 0.2) is 0 Å². The van der Waals surface area contributed by atoms with Crippen molar-refractivity contribution >= 4 is 35.0 Å². The molecule has 2 heterocycles. The molecule has 0 saturated carbocycles. The highest BCUT2D eigenvalue weighted by Gasteiger charge is 2.43. The number of carbonyl (C=O) groups is 2. The summed E-state index contributed by atoms with van der Waals surface area (Å²) in [7, 11) is 1.27. The number of amidine groups is 1. The fourth-order valence-corrected chi connectivity index (χ4v) is 4.17. The Morgan fingerprint density at radius 3 is 2.69 bits per heavy atom. The zero-order chi connectivity index (χ0) is 23.0. The molecule has 2 aromatic carbocycles. The highest BCUT2D eigenvalue weighted by molar-refractivity contribution is 6.31.